The minimum Gasteiger partial charge on any atom is -0.371 e. The normalized spacial score (nSPS) is 16.5. The number of aryl methyl sites for hydroxylation is 1. The van der Waals surface area contributed by atoms with Gasteiger partial charge >= 0.3 is 0 Å². The molecule has 138 valence electrons. The molecule has 0 fully saturated rings. The summed E-state index contributed by atoms with van der Waals surface area (Å²) in [6, 6.07) is 8.66. The van der Waals surface area contributed by atoms with E-state index >= 15 is 0 Å². The Morgan fingerprint density at radius 1 is 1.19 bits per heavy atom. The number of rotatable bonds is 5. The monoisotopic (exact) mass is 353 g/mol. The van der Waals surface area contributed by atoms with Crippen LogP contribution in [0.1, 0.15) is 34.7 Å². The maximum Gasteiger partial charge on any atom is 0.271 e. The number of aromatic nitrogens is 2. The van der Waals surface area contributed by atoms with Gasteiger partial charge < -0.3 is 20.1 Å². The molecule has 2 aromatic rings. The molecular weight excluding hydrogens is 326 g/mol. The molecule has 2 aliphatic rings. The fourth-order valence-corrected chi connectivity index (χ4v) is 3.89. The van der Waals surface area contributed by atoms with Crippen molar-refractivity contribution in [3.8, 4) is 0 Å². The molecule has 1 aromatic carbocycles. The minimum atomic E-state index is -0.0578. The van der Waals surface area contributed by atoms with Gasteiger partial charge in [-0.15, -0.1) is 0 Å². The summed E-state index contributed by atoms with van der Waals surface area (Å²) in [6.45, 7) is 5.50. The van der Waals surface area contributed by atoms with Gasteiger partial charge in [0, 0.05) is 57.6 Å². The van der Waals surface area contributed by atoms with Gasteiger partial charge in [0.05, 0.1) is 0 Å². The van der Waals surface area contributed by atoms with Crippen molar-refractivity contribution >= 4 is 11.6 Å². The lowest BCUT2D eigenvalue weighted by atomic mass is 10.0. The average molecular weight is 353 g/mol. The van der Waals surface area contributed by atoms with Crippen LogP contribution < -0.4 is 15.5 Å². The zero-order valence-corrected chi connectivity index (χ0v) is 15.2. The van der Waals surface area contributed by atoms with E-state index in [1.807, 2.05) is 6.20 Å². The maximum absolute atomic E-state index is 12.4. The third-order valence-corrected chi connectivity index (χ3v) is 5.24. The van der Waals surface area contributed by atoms with Crippen molar-refractivity contribution in [3.63, 3.8) is 0 Å². The summed E-state index contributed by atoms with van der Waals surface area (Å²) in [5.41, 5.74) is 3.35. The zero-order valence-electron chi connectivity index (χ0n) is 15.2. The van der Waals surface area contributed by atoms with Gasteiger partial charge in [-0.1, -0.05) is 18.2 Å². The molecule has 4 rings (SSSR count). The average Bonchev–Trinajstić information content (AvgIpc) is 2.96. The molecule has 2 aliphatic heterocycles. The second-order valence-electron chi connectivity index (χ2n) is 7.06. The SMILES string of the molecule is O=C(NCCCN1CCCc2ccccc21)c1cn2c(n1)CCNCC2. The van der Waals surface area contributed by atoms with Crippen LogP contribution >= 0.6 is 0 Å². The quantitative estimate of drug-likeness (QED) is 0.802. The first kappa shape index (κ1) is 17.1. The van der Waals surface area contributed by atoms with E-state index in [4.69, 9.17) is 0 Å². The van der Waals surface area contributed by atoms with Gasteiger partial charge in [-0.3, -0.25) is 4.79 Å². The Bertz CT molecular complexity index is 746. The first-order chi connectivity index (χ1) is 12.8. The largest absolute Gasteiger partial charge is 0.371 e. The van der Waals surface area contributed by atoms with E-state index in [2.05, 4.69) is 49.4 Å². The summed E-state index contributed by atoms with van der Waals surface area (Å²) in [6.07, 6.45) is 6.08. The molecule has 2 N–H and O–H groups in total. The number of nitrogens with one attached hydrogen (secondary N) is 2. The third kappa shape index (κ3) is 3.75. The Labute approximate surface area is 154 Å². The van der Waals surface area contributed by atoms with Crippen molar-refractivity contribution in [1.29, 1.82) is 0 Å². The number of imidazole rings is 1. The van der Waals surface area contributed by atoms with Crippen molar-refractivity contribution in [2.75, 3.05) is 37.6 Å². The number of benzene rings is 1. The number of anilines is 1. The van der Waals surface area contributed by atoms with Crippen molar-refractivity contribution in [2.45, 2.75) is 32.2 Å². The highest BCUT2D eigenvalue weighted by atomic mass is 16.1. The molecule has 0 saturated heterocycles. The number of nitrogens with zero attached hydrogens (tertiary/aromatic N) is 3. The van der Waals surface area contributed by atoms with Crippen molar-refractivity contribution in [3.05, 3.63) is 47.5 Å². The Morgan fingerprint density at radius 3 is 3.08 bits per heavy atom. The molecule has 6 nitrogen and oxygen atoms in total. The van der Waals surface area contributed by atoms with Crippen molar-refractivity contribution in [1.82, 2.24) is 20.2 Å². The Kier molecular flexibility index (Phi) is 5.20. The van der Waals surface area contributed by atoms with Crippen LogP contribution in [-0.2, 0) is 19.4 Å². The van der Waals surface area contributed by atoms with Gasteiger partial charge in [0.25, 0.3) is 5.91 Å². The molecule has 0 spiro atoms. The van der Waals surface area contributed by atoms with Gasteiger partial charge in [0.2, 0.25) is 0 Å². The number of fused-ring (bicyclic) bond motifs is 2. The number of amides is 1. The summed E-state index contributed by atoms with van der Waals surface area (Å²) in [5.74, 6) is 0.947. The molecule has 0 unspecified atom stereocenters. The predicted octanol–water partition coefficient (Wildman–Crippen LogP) is 1.60. The molecule has 1 aromatic heterocycles. The number of hydrogen-bond donors (Lipinski definition) is 2. The first-order valence-corrected chi connectivity index (χ1v) is 9.69. The van der Waals surface area contributed by atoms with Crippen molar-refractivity contribution in [2.24, 2.45) is 0 Å². The molecule has 0 bridgehead atoms. The molecule has 0 atom stereocenters. The van der Waals surface area contributed by atoms with Crippen LogP contribution in [0.3, 0.4) is 0 Å². The van der Waals surface area contributed by atoms with E-state index in [-0.39, 0.29) is 5.91 Å². The van der Waals surface area contributed by atoms with Crippen molar-refractivity contribution < 1.29 is 4.79 Å². The third-order valence-electron chi connectivity index (χ3n) is 5.24. The lowest BCUT2D eigenvalue weighted by Gasteiger charge is -2.31. The van der Waals surface area contributed by atoms with E-state index in [1.165, 1.54) is 24.1 Å². The first-order valence-electron chi connectivity index (χ1n) is 9.69. The Hall–Kier alpha value is -2.34. The second kappa shape index (κ2) is 7.91. The highest BCUT2D eigenvalue weighted by Crippen LogP contribution is 2.26. The van der Waals surface area contributed by atoms with Gasteiger partial charge in [-0.2, -0.15) is 0 Å². The summed E-state index contributed by atoms with van der Waals surface area (Å²) >= 11 is 0. The number of carbonyl (C=O) groups excluding carboxylic acids is 1. The van der Waals surface area contributed by atoms with Crippen LogP contribution in [0.15, 0.2) is 30.5 Å². The fourth-order valence-electron chi connectivity index (χ4n) is 3.89. The number of para-hydroxylation sites is 1. The van der Waals surface area contributed by atoms with Crippen LogP contribution in [0, 0.1) is 0 Å². The molecular formula is C20H27N5O. The molecule has 0 radical (unpaired) electrons. The summed E-state index contributed by atoms with van der Waals surface area (Å²) in [4.78, 5) is 19.3. The standard InChI is InChI=1S/C20H27N5O/c26-20(17-15-25-14-11-21-10-8-19(25)23-17)22-9-4-13-24-12-3-6-16-5-1-2-7-18(16)24/h1-2,5,7,15,21H,3-4,6,8-14H2,(H,22,26). The highest BCUT2D eigenvalue weighted by Gasteiger charge is 2.17. The van der Waals surface area contributed by atoms with E-state index in [0.29, 0.717) is 12.2 Å². The Balaban J connectivity index is 1.27. The topological polar surface area (TPSA) is 62.2 Å². The fraction of sp³-hybridized carbons (Fsp3) is 0.500. The molecule has 0 saturated carbocycles. The number of hydrogen-bond acceptors (Lipinski definition) is 4. The van der Waals surface area contributed by atoms with Gasteiger partial charge in [-0.25, -0.2) is 4.98 Å². The molecule has 26 heavy (non-hydrogen) atoms. The second-order valence-corrected chi connectivity index (χ2v) is 7.06. The van der Waals surface area contributed by atoms with Gasteiger partial charge in [-0.05, 0) is 30.9 Å². The van der Waals surface area contributed by atoms with Crippen LogP contribution in [0.4, 0.5) is 5.69 Å². The van der Waals surface area contributed by atoms with Crippen LogP contribution in [0.25, 0.3) is 0 Å². The lowest BCUT2D eigenvalue weighted by molar-refractivity contribution is 0.0948. The van der Waals surface area contributed by atoms with Crippen LogP contribution in [-0.4, -0.2) is 48.2 Å². The highest BCUT2D eigenvalue weighted by molar-refractivity contribution is 5.92. The minimum absolute atomic E-state index is 0.0578. The van der Waals surface area contributed by atoms with E-state index in [9.17, 15) is 4.79 Å². The lowest BCUT2D eigenvalue weighted by Crippen LogP contribution is -2.33. The molecule has 3 heterocycles. The summed E-state index contributed by atoms with van der Waals surface area (Å²) < 4.78 is 2.10. The summed E-state index contributed by atoms with van der Waals surface area (Å²) in [7, 11) is 0. The molecule has 0 aliphatic carbocycles. The molecule has 6 heteroatoms. The maximum atomic E-state index is 12.4. The van der Waals surface area contributed by atoms with Crippen LogP contribution in [0.5, 0.6) is 0 Å². The van der Waals surface area contributed by atoms with Gasteiger partial charge in [0.1, 0.15) is 11.5 Å². The smallest absolute Gasteiger partial charge is 0.271 e. The molecule has 1 amide bonds. The van der Waals surface area contributed by atoms with E-state index in [0.717, 1.165) is 51.4 Å². The summed E-state index contributed by atoms with van der Waals surface area (Å²) in [5, 5.41) is 6.37. The predicted molar refractivity (Wildman–Crippen MR) is 103 cm³/mol. The Morgan fingerprint density at radius 2 is 2.12 bits per heavy atom. The number of carbonyl (C=O) groups is 1. The van der Waals surface area contributed by atoms with Crippen LogP contribution in [0.2, 0.25) is 0 Å². The van der Waals surface area contributed by atoms with E-state index < -0.39 is 0 Å². The zero-order chi connectivity index (χ0) is 17.8. The van der Waals surface area contributed by atoms with Gasteiger partial charge in [0.15, 0.2) is 0 Å². The van der Waals surface area contributed by atoms with E-state index in [1.54, 1.807) is 0 Å².